The van der Waals surface area contributed by atoms with Gasteiger partial charge in [-0.25, -0.2) is 9.47 Å². The third-order valence-electron chi connectivity index (χ3n) is 2.84. The quantitative estimate of drug-likeness (QED) is 0.747. The van der Waals surface area contributed by atoms with Crippen LogP contribution in [0.15, 0.2) is 52.5 Å². The van der Waals surface area contributed by atoms with E-state index in [2.05, 4.69) is 15.3 Å². The molecule has 0 aliphatic heterocycles. The Hall–Kier alpha value is -2.93. The van der Waals surface area contributed by atoms with E-state index in [0.29, 0.717) is 17.1 Å². The number of rotatable bonds is 4. The summed E-state index contributed by atoms with van der Waals surface area (Å²) in [6, 6.07) is 8.11. The highest BCUT2D eigenvalue weighted by molar-refractivity contribution is 6.33. The van der Waals surface area contributed by atoms with Crippen molar-refractivity contribution in [2.45, 2.75) is 0 Å². The molecule has 0 aliphatic rings. The third-order valence-corrected chi connectivity index (χ3v) is 3.15. The number of aromatic carboxylic acids is 1. The Kier molecular flexibility index (Phi) is 3.71. The minimum absolute atomic E-state index is 0.0476. The smallest absolute Gasteiger partial charge is 0.337 e. The summed E-state index contributed by atoms with van der Waals surface area (Å²) < 4.78 is 7.05. The van der Waals surface area contributed by atoms with Crippen molar-refractivity contribution in [3.05, 3.63) is 59.3 Å². The standard InChI is InChI=1S/C14H9ClN4O3/c15-12-5-9(1-3-11(12)14(20)21)13-4-2-10(22-13)6-18-19-7-16-17-8-19/h1-8H,(H,20,21)/b18-6+. The molecule has 0 spiro atoms. The predicted molar refractivity (Wildman–Crippen MR) is 79.1 cm³/mol. The van der Waals surface area contributed by atoms with E-state index >= 15 is 0 Å². The highest BCUT2D eigenvalue weighted by Gasteiger charge is 2.11. The van der Waals surface area contributed by atoms with E-state index in [1.807, 2.05) is 0 Å². The second-order valence-electron chi connectivity index (χ2n) is 4.29. The normalized spacial score (nSPS) is 11.1. The first-order chi connectivity index (χ1) is 10.6. The number of halogens is 1. The van der Waals surface area contributed by atoms with E-state index in [0.717, 1.165) is 0 Å². The number of furan rings is 1. The maximum Gasteiger partial charge on any atom is 0.337 e. The Bertz CT molecular complexity index is 840. The highest BCUT2D eigenvalue weighted by Crippen LogP contribution is 2.27. The first-order valence-corrected chi connectivity index (χ1v) is 6.53. The van der Waals surface area contributed by atoms with Crippen LogP contribution in [0.3, 0.4) is 0 Å². The molecule has 3 aromatic rings. The molecule has 22 heavy (non-hydrogen) atoms. The molecule has 0 radical (unpaired) electrons. The number of aromatic nitrogens is 3. The highest BCUT2D eigenvalue weighted by atomic mass is 35.5. The maximum atomic E-state index is 10.9. The lowest BCUT2D eigenvalue weighted by Crippen LogP contribution is -1.96. The van der Waals surface area contributed by atoms with Gasteiger partial charge in [0, 0.05) is 5.56 Å². The molecular weight excluding hydrogens is 308 g/mol. The fourth-order valence-corrected chi connectivity index (χ4v) is 2.06. The van der Waals surface area contributed by atoms with Gasteiger partial charge in [0.2, 0.25) is 0 Å². The van der Waals surface area contributed by atoms with Gasteiger partial charge in [-0.3, -0.25) is 0 Å². The molecule has 0 saturated heterocycles. The Balaban J connectivity index is 1.84. The van der Waals surface area contributed by atoms with Gasteiger partial charge in [-0.15, -0.1) is 10.2 Å². The van der Waals surface area contributed by atoms with Crippen molar-refractivity contribution in [2.24, 2.45) is 5.10 Å². The lowest BCUT2D eigenvalue weighted by molar-refractivity contribution is 0.0697. The van der Waals surface area contributed by atoms with Crippen molar-refractivity contribution in [1.82, 2.24) is 14.9 Å². The fourth-order valence-electron chi connectivity index (χ4n) is 1.80. The lowest BCUT2D eigenvalue weighted by atomic mass is 10.1. The van der Waals surface area contributed by atoms with Crippen molar-refractivity contribution in [2.75, 3.05) is 0 Å². The number of benzene rings is 1. The van der Waals surface area contributed by atoms with Gasteiger partial charge in [0.1, 0.15) is 24.2 Å². The molecule has 1 aromatic carbocycles. The second kappa shape index (κ2) is 5.82. The van der Waals surface area contributed by atoms with Gasteiger partial charge in [0.05, 0.1) is 16.8 Å². The number of hydrogen-bond donors (Lipinski definition) is 1. The van der Waals surface area contributed by atoms with Crippen LogP contribution in [-0.4, -0.2) is 32.2 Å². The molecule has 2 heterocycles. The molecule has 0 atom stereocenters. The van der Waals surface area contributed by atoms with Gasteiger partial charge in [0.15, 0.2) is 0 Å². The minimum atomic E-state index is -1.07. The zero-order valence-electron chi connectivity index (χ0n) is 11.0. The average molecular weight is 317 g/mol. The van der Waals surface area contributed by atoms with Crippen LogP contribution < -0.4 is 0 Å². The van der Waals surface area contributed by atoms with Crippen molar-refractivity contribution in [3.8, 4) is 11.3 Å². The van der Waals surface area contributed by atoms with Crippen LogP contribution in [0.25, 0.3) is 11.3 Å². The average Bonchev–Trinajstić information content (AvgIpc) is 3.16. The summed E-state index contributed by atoms with van der Waals surface area (Å²) in [7, 11) is 0. The predicted octanol–water partition coefficient (Wildman–Crippen LogP) is 2.77. The summed E-state index contributed by atoms with van der Waals surface area (Å²) in [4.78, 5) is 10.9. The SMILES string of the molecule is O=C(O)c1ccc(-c2ccc(/C=N/n3cnnc3)o2)cc1Cl. The Morgan fingerprint density at radius 1 is 1.27 bits per heavy atom. The van der Waals surface area contributed by atoms with Crippen LogP contribution in [0.4, 0.5) is 0 Å². The van der Waals surface area contributed by atoms with Crippen molar-refractivity contribution >= 4 is 23.8 Å². The van der Waals surface area contributed by atoms with Gasteiger partial charge >= 0.3 is 5.97 Å². The van der Waals surface area contributed by atoms with E-state index in [1.54, 1.807) is 24.3 Å². The summed E-state index contributed by atoms with van der Waals surface area (Å²) >= 11 is 5.94. The first-order valence-electron chi connectivity index (χ1n) is 6.15. The van der Waals surface area contributed by atoms with Crippen molar-refractivity contribution < 1.29 is 14.3 Å². The summed E-state index contributed by atoms with van der Waals surface area (Å²) in [5.74, 6) is 0.0175. The zero-order valence-corrected chi connectivity index (χ0v) is 11.8. The molecule has 0 amide bonds. The monoisotopic (exact) mass is 316 g/mol. The van der Waals surface area contributed by atoms with E-state index in [9.17, 15) is 4.79 Å². The van der Waals surface area contributed by atoms with E-state index in [4.69, 9.17) is 21.1 Å². The Labute approximate surface area is 129 Å². The van der Waals surface area contributed by atoms with Gasteiger partial charge in [-0.1, -0.05) is 17.7 Å². The molecule has 110 valence electrons. The molecule has 0 unspecified atom stereocenters. The number of hydrogen-bond acceptors (Lipinski definition) is 5. The number of nitrogens with zero attached hydrogens (tertiary/aromatic N) is 4. The molecule has 3 rings (SSSR count). The van der Waals surface area contributed by atoms with Crippen LogP contribution in [0.2, 0.25) is 5.02 Å². The number of carboxylic acid groups (broad SMARTS) is 1. The van der Waals surface area contributed by atoms with Gasteiger partial charge < -0.3 is 9.52 Å². The lowest BCUT2D eigenvalue weighted by Gasteiger charge is -2.01. The maximum absolute atomic E-state index is 10.9. The zero-order chi connectivity index (χ0) is 15.5. The van der Waals surface area contributed by atoms with Crippen LogP contribution in [0, 0.1) is 0 Å². The van der Waals surface area contributed by atoms with Crippen LogP contribution in [0.5, 0.6) is 0 Å². The van der Waals surface area contributed by atoms with Gasteiger partial charge in [-0.05, 0) is 24.3 Å². The van der Waals surface area contributed by atoms with Crippen LogP contribution >= 0.6 is 11.6 Å². The second-order valence-corrected chi connectivity index (χ2v) is 4.70. The topological polar surface area (TPSA) is 93.5 Å². The van der Waals surface area contributed by atoms with Crippen LogP contribution in [0.1, 0.15) is 16.1 Å². The van der Waals surface area contributed by atoms with Crippen molar-refractivity contribution in [3.63, 3.8) is 0 Å². The molecule has 2 aromatic heterocycles. The summed E-state index contributed by atoms with van der Waals surface area (Å²) in [6.07, 6.45) is 4.41. The Morgan fingerprint density at radius 3 is 2.73 bits per heavy atom. The van der Waals surface area contributed by atoms with Crippen LogP contribution in [-0.2, 0) is 0 Å². The summed E-state index contributed by atoms with van der Waals surface area (Å²) in [6.45, 7) is 0. The number of carbonyl (C=O) groups is 1. The minimum Gasteiger partial charge on any atom is -0.478 e. The largest absolute Gasteiger partial charge is 0.478 e. The van der Waals surface area contributed by atoms with Gasteiger partial charge in [0.25, 0.3) is 0 Å². The van der Waals surface area contributed by atoms with E-state index in [1.165, 1.54) is 29.6 Å². The summed E-state index contributed by atoms with van der Waals surface area (Å²) in [5.41, 5.74) is 0.727. The van der Waals surface area contributed by atoms with Crippen molar-refractivity contribution in [1.29, 1.82) is 0 Å². The molecule has 0 saturated carbocycles. The fraction of sp³-hybridized carbons (Fsp3) is 0. The molecule has 8 heteroatoms. The number of carboxylic acids is 1. The molecular formula is C14H9ClN4O3. The molecule has 1 N–H and O–H groups in total. The van der Waals surface area contributed by atoms with Gasteiger partial charge in [-0.2, -0.15) is 5.10 Å². The molecule has 0 fully saturated rings. The molecule has 0 bridgehead atoms. The Morgan fingerprint density at radius 2 is 2.05 bits per heavy atom. The van der Waals surface area contributed by atoms with E-state index in [-0.39, 0.29) is 10.6 Å². The molecule has 0 aliphatic carbocycles. The molecule has 7 nitrogen and oxygen atoms in total. The first kappa shape index (κ1) is 14.0. The third kappa shape index (κ3) is 2.89. The summed E-state index contributed by atoms with van der Waals surface area (Å²) in [5, 5.41) is 20.4. The van der Waals surface area contributed by atoms with E-state index < -0.39 is 5.97 Å².